The van der Waals surface area contributed by atoms with E-state index in [1.165, 1.54) is 9.58 Å². The molecular weight excluding hydrogens is 416 g/mol. The van der Waals surface area contributed by atoms with Crippen LogP contribution < -0.4 is 5.01 Å². The Kier molecular flexibility index (Phi) is 4.80. The number of benzene rings is 3. The van der Waals surface area contributed by atoms with Crippen molar-refractivity contribution in [1.82, 2.24) is 14.6 Å². The zero-order valence-electron chi connectivity index (χ0n) is 16.3. The third-order valence-electron chi connectivity index (χ3n) is 5.02. The van der Waals surface area contributed by atoms with E-state index in [0.717, 1.165) is 10.6 Å². The van der Waals surface area contributed by atoms with Gasteiger partial charge in [0.1, 0.15) is 12.4 Å². The van der Waals surface area contributed by atoms with Crippen molar-refractivity contribution >= 4 is 40.4 Å². The molecule has 0 fully saturated rings. The van der Waals surface area contributed by atoms with Crippen LogP contribution in [0, 0.1) is 0 Å². The van der Waals surface area contributed by atoms with Gasteiger partial charge in [-0.25, -0.2) is 19.1 Å². The first-order chi connectivity index (χ1) is 15.1. The van der Waals surface area contributed by atoms with E-state index in [1.807, 2.05) is 48.5 Å². The van der Waals surface area contributed by atoms with Crippen LogP contribution in [-0.2, 0) is 17.9 Å². The maximum Gasteiger partial charge on any atom is 0.438 e. The van der Waals surface area contributed by atoms with Crippen LogP contribution in [0.1, 0.15) is 11.4 Å². The molecule has 31 heavy (non-hydrogen) atoms. The summed E-state index contributed by atoms with van der Waals surface area (Å²) in [4.78, 5) is 31.2. The van der Waals surface area contributed by atoms with Crippen LogP contribution >= 0.6 is 11.6 Å². The van der Waals surface area contributed by atoms with E-state index in [2.05, 4.69) is 4.98 Å². The highest BCUT2D eigenvalue weighted by molar-refractivity contribution is 6.30. The maximum atomic E-state index is 13.5. The number of halogens is 1. The van der Waals surface area contributed by atoms with Crippen molar-refractivity contribution in [3.63, 3.8) is 0 Å². The summed E-state index contributed by atoms with van der Waals surface area (Å²) in [7, 11) is 0. The number of ether oxygens (including phenoxy) is 1. The van der Waals surface area contributed by atoms with Crippen molar-refractivity contribution in [2.45, 2.75) is 13.2 Å². The molecule has 3 aromatic carbocycles. The molecular formula is C23H17ClN4O3. The van der Waals surface area contributed by atoms with E-state index in [1.54, 1.807) is 30.3 Å². The van der Waals surface area contributed by atoms with E-state index < -0.39 is 12.1 Å². The van der Waals surface area contributed by atoms with Gasteiger partial charge >= 0.3 is 12.1 Å². The van der Waals surface area contributed by atoms with Gasteiger partial charge in [0.05, 0.1) is 23.3 Å². The molecule has 2 amide bonds. The van der Waals surface area contributed by atoms with Gasteiger partial charge in [-0.05, 0) is 35.9 Å². The summed E-state index contributed by atoms with van der Waals surface area (Å²) in [5.74, 6) is 0.526. The topological polar surface area (TPSA) is 67.7 Å². The highest BCUT2D eigenvalue weighted by Gasteiger charge is 2.39. The Bertz CT molecular complexity index is 1290. The Morgan fingerprint density at radius 3 is 2.58 bits per heavy atom. The van der Waals surface area contributed by atoms with Crippen LogP contribution in [0.25, 0.3) is 11.0 Å². The fraction of sp³-hybridized carbons (Fsp3) is 0.0870. The highest BCUT2D eigenvalue weighted by Crippen LogP contribution is 2.30. The molecule has 0 radical (unpaired) electrons. The van der Waals surface area contributed by atoms with Gasteiger partial charge in [0.15, 0.2) is 0 Å². The quantitative estimate of drug-likeness (QED) is 0.443. The third-order valence-corrected chi connectivity index (χ3v) is 5.25. The molecule has 154 valence electrons. The number of carbonyl (C=O) groups excluding carboxylic acids is 2. The zero-order chi connectivity index (χ0) is 21.4. The molecule has 0 aliphatic carbocycles. The predicted octanol–water partition coefficient (Wildman–Crippen LogP) is 5.23. The number of carbonyl (C=O) groups is 2. The van der Waals surface area contributed by atoms with Crippen molar-refractivity contribution in [1.29, 1.82) is 0 Å². The lowest BCUT2D eigenvalue weighted by Crippen LogP contribution is -2.55. The van der Waals surface area contributed by atoms with E-state index in [4.69, 9.17) is 16.3 Å². The van der Waals surface area contributed by atoms with Crippen molar-refractivity contribution in [3.05, 3.63) is 95.3 Å². The molecule has 7 nitrogen and oxygen atoms in total. The molecule has 0 N–H and O–H groups in total. The van der Waals surface area contributed by atoms with Gasteiger partial charge in [0, 0.05) is 5.02 Å². The van der Waals surface area contributed by atoms with Crippen LogP contribution in [-0.4, -0.2) is 26.7 Å². The van der Waals surface area contributed by atoms with Gasteiger partial charge in [0.2, 0.25) is 0 Å². The molecule has 1 aliphatic heterocycles. The van der Waals surface area contributed by atoms with Gasteiger partial charge in [-0.15, -0.1) is 5.01 Å². The van der Waals surface area contributed by atoms with Gasteiger partial charge in [-0.2, -0.15) is 0 Å². The lowest BCUT2D eigenvalue weighted by atomic mass is 10.2. The van der Waals surface area contributed by atoms with Crippen LogP contribution in [0.3, 0.4) is 0 Å². The summed E-state index contributed by atoms with van der Waals surface area (Å²) < 4.78 is 6.93. The van der Waals surface area contributed by atoms with E-state index in [-0.39, 0.29) is 13.2 Å². The molecule has 0 unspecified atom stereocenters. The lowest BCUT2D eigenvalue weighted by Gasteiger charge is -2.37. The highest BCUT2D eigenvalue weighted by atomic mass is 35.5. The summed E-state index contributed by atoms with van der Waals surface area (Å²) in [5.41, 5.74) is 2.71. The van der Waals surface area contributed by atoms with Crippen molar-refractivity contribution in [2.24, 2.45) is 0 Å². The first-order valence-corrected chi connectivity index (χ1v) is 10.0. The second-order valence-electron chi connectivity index (χ2n) is 7.02. The van der Waals surface area contributed by atoms with Crippen LogP contribution in [0.2, 0.25) is 5.02 Å². The summed E-state index contributed by atoms with van der Waals surface area (Å²) in [6.45, 7) is 0.242. The third kappa shape index (κ3) is 3.49. The van der Waals surface area contributed by atoms with Gasteiger partial charge in [-0.3, -0.25) is 5.01 Å². The largest absolute Gasteiger partial charge is 0.443 e. The van der Waals surface area contributed by atoms with E-state index in [0.29, 0.717) is 27.6 Å². The molecule has 1 aromatic heterocycles. The lowest BCUT2D eigenvalue weighted by molar-refractivity contribution is 0.0969. The Morgan fingerprint density at radius 2 is 1.77 bits per heavy atom. The molecule has 2 heterocycles. The van der Waals surface area contributed by atoms with Gasteiger partial charge in [-0.1, -0.05) is 60.1 Å². The average molecular weight is 433 g/mol. The number of fused-ring (bicyclic) bond motifs is 3. The number of hydrogen-bond acceptors (Lipinski definition) is 5. The summed E-state index contributed by atoms with van der Waals surface area (Å²) in [5, 5.41) is 3.01. The van der Waals surface area contributed by atoms with Crippen molar-refractivity contribution < 1.29 is 14.3 Å². The Hall–Kier alpha value is -3.84. The van der Waals surface area contributed by atoms with E-state index in [9.17, 15) is 9.59 Å². The first-order valence-electron chi connectivity index (χ1n) is 9.66. The number of amides is 2. The monoisotopic (exact) mass is 432 g/mol. The number of rotatable bonds is 3. The standard InChI is InChI=1S/C23H17ClN4O3/c24-17-9-6-10-18(13-17)26-14-21-25-19-11-4-5-12-20(19)27(21)22(29)28(26)23(30)31-15-16-7-2-1-3-8-16/h1-13H,14-15H2. The zero-order valence-corrected chi connectivity index (χ0v) is 17.1. The number of anilines is 1. The van der Waals surface area contributed by atoms with E-state index >= 15 is 0 Å². The number of imidazole rings is 1. The van der Waals surface area contributed by atoms with Gasteiger partial charge in [0.25, 0.3) is 0 Å². The normalized spacial score (nSPS) is 13.4. The second kappa shape index (κ2) is 7.77. The minimum Gasteiger partial charge on any atom is -0.443 e. The maximum absolute atomic E-state index is 13.5. The van der Waals surface area contributed by atoms with Crippen molar-refractivity contribution in [3.8, 4) is 0 Å². The molecule has 4 aromatic rings. The molecule has 5 rings (SSSR count). The average Bonchev–Trinajstić information content (AvgIpc) is 3.17. The minimum absolute atomic E-state index is 0.0460. The minimum atomic E-state index is -0.780. The smallest absolute Gasteiger partial charge is 0.438 e. The predicted molar refractivity (Wildman–Crippen MR) is 117 cm³/mol. The fourth-order valence-corrected chi connectivity index (χ4v) is 3.78. The number of para-hydroxylation sites is 2. The Morgan fingerprint density at radius 1 is 1.00 bits per heavy atom. The van der Waals surface area contributed by atoms with Crippen LogP contribution in [0.15, 0.2) is 78.9 Å². The second-order valence-corrected chi connectivity index (χ2v) is 7.46. The molecule has 0 bridgehead atoms. The van der Waals surface area contributed by atoms with Crippen molar-refractivity contribution in [2.75, 3.05) is 5.01 Å². The molecule has 0 saturated heterocycles. The van der Waals surface area contributed by atoms with Crippen LogP contribution in [0.5, 0.6) is 0 Å². The van der Waals surface area contributed by atoms with Gasteiger partial charge < -0.3 is 4.74 Å². The number of imide groups is 1. The number of aromatic nitrogens is 2. The SMILES string of the molecule is O=C(OCc1ccccc1)N1C(=O)n2c(nc3ccccc32)CN1c1cccc(Cl)c1. The molecule has 8 heteroatoms. The van der Waals surface area contributed by atoms with Crippen LogP contribution in [0.4, 0.5) is 15.3 Å². The first kappa shape index (κ1) is 19.1. The Balaban J connectivity index is 1.54. The summed E-state index contributed by atoms with van der Waals surface area (Å²) in [6.07, 6.45) is -0.780. The number of nitrogens with zero attached hydrogens (tertiary/aromatic N) is 4. The fourth-order valence-electron chi connectivity index (χ4n) is 3.60. The summed E-state index contributed by atoms with van der Waals surface area (Å²) in [6, 6.07) is 23.0. The number of hydrazine groups is 1. The summed E-state index contributed by atoms with van der Waals surface area (Å²) >= 11 is 6.17. The molecule has 1 aliphatic rings. The number of hydrogen-bond donors (Lipinski definition) is 0. The molecule has 0 saturated carbocycles. The molecule has 0 spiro atoms. The Labute approximate surface area is 183 Å². The molecule has 0 atom stereocenters.